The maximum absolute atomic E-state index is 12.9. The fourth-order valence-corrected chi connectivity index (χ4v) is 4.73. The first-order valence-corrected chi connectivity index (χ1v) is 10.8. The highest BCUT2D eigenvalue weighted by Gasteiger charge is 2.33. The molecule has 12 heteroatoms. The van der Waals surface area contributed by atoms with Gasteiger partial charge in [0, 0.05) is 18.8 Å². The van der Waals surface area contributed by atoms with Crippen LogP contribution >= 0.6 is 34.7 Å². The lowest BCUT2D eigenvalue weighted by Crippen LogP contribution is -2.22. The van der Waals surface area contributed by atoms with Crippen LogP contribution in [0.3, 0.4) is 0 Å². The van der Waals surface area contributed by atoms with E-state index in [-0.39, 0.29) is 11.8 Å². The van der Waals surface area contributed by atoms with E-state index >= 15 is 0 Å². The number of carbonyl (C=O) groups excluding carboxylic acids is 1. The van der Waals surface area contributed by atoms with Crippen LogP contribution in [-0.4, -0.2) is 40.6 Å². The molecule has 0 spiro atoms. The summed E-state index contributed by atoms with van der Waals surface area (Å²) >= 11 is 8.07. The lowest BCUT2D eigenvalue weighted by molar-refractivity contribution is -0.137. The molecule has 1 aliphatic heterocycles. The summed E-state index contributed by atoms with van der Waals surface area (Å²) in [5.74, 6) is -0.450. The molecule has 1 aromatic carbocycles. The van der Waals surface area contributed by atoms with Gasteiger partial charge >= 0.3 is 6.18 Å². The summed E-state index contributed by atoms with van der Waals surface area (Å²) in [7, 11) is 0. The summed E-state index contributed by atoms with van der Waals surface area (Å²) in [6, 6.07) is 3.25. The number of amides is 1. The molecule has 0 radical (unpaired) electrons. The maximum Gasteiger partial charge on any atom is 0.417 e. The zero-order chi connectivity index (χ0) is 21.0. The predicted octanol–water partition coefficient (Wildman–Crippen LogP) is 4.92. The number of nitrogens with one attached hydrogen (secondary N) is 2. The Bertz CT molecular complexity index is 859. The van der Waals surface area contributed by atoms with E-state index in [9.17, 15) is 18.0 Å². The molecule has 0 saturated carbocycles. The molecule has 0 aliphatic carbocycles. The number of halogens is 4. The Morgan fingerprint density at radius 3 is 2.93 bits per heavy atom. The molecule has 3 rings (SSSR count). The van der Waals surface area contributed by atoms with Crippen molar-refractivity contribution in [1.29, 1.82) is 0 Å². The first kappa shape index (κ1) is 22.1. The van der Waals surface area contributed by atoms with Crippen LogP contribution in [0.25, 0.3) is 0 Å². The monoisotopic (exact) mass is 466 g/mol. The van der Waals surface area contributed by atoms with Crippen LogP contribution in [0.2, 0.25) is 5.02 Å². The van der Waals surface area contributed by atoms with Crippen molar-refractivity contribution < 1.29 is 22.7 Å². The van der Waals surface area contributed by atoms with Crippen LogP contribution in [0.1, 0.15) is 25.3 Å². The summed E-state index contributed by atoms with van der Waals surface area (Å²) in [5.41, 5.74) is -0.973. The van der Waals surface area contributed by atoms with Crippen LogP contribution in [0.5, 0.6) is 0 Å². The second-order valence-electron chi connectivity index (χ2n) is 6.33. The van der Waals surface area contributed by atoms with Crippen molar-refractivity contribution in [3.05, 3.63) is 28.8 Å². The fourth-order valence-electron chi connectivity index (χ4n) is 2.60. The second-order valence-corrected chi connectivity index (χ2v) is 9.30. The number of hydrogen-bond acceptors (Lipinski definition) is 7. The molecule has 6 nitrogen and oxygen atoms in total. The van der Waals surface area contributed by atoms with E-state index in [1.54, 1.807) is 6.92 Å². The number of carbonyl (C=O) groups is 1. The van der Waals surface area contributed by atoms with Gasteiger partial charge in [0.2, 0.25) is 11.0 Å². The largest absolute Gasteiger partial charge is 0.417 e. The number of nitrogens with zero attached hydrogens (tertiary/aromatic N) is 2. The lowest BCUT2D eigenvalue weighted by atomic mass is 10.2. The molecule has 1 fully saturated rings. The van der Waals surface area contributed by atoms with Crippen LogP contribution < -0.4 is 10.6 Å². The normalized spacial score (nSPS) is 17.9. The minimum atomic E-state index is -4.60. The number of benzene rings is 1. The molecular formula is C17H18ClF3N4O2S2. The van der Waals surface area contributed by atoms with Gasteiger partial charge in [0.25, 0.3) is 0 Å². The quantitative estimate of drug-likeness (QED) is 0.564. The van der Waals surface area contributed by atoms with Gasteiger partial charge in [-0.05, 0) is 38.0 Å². The molecule has 2 aromatic rings. The van der Waals surface area contributed by atoms with Gasteiger partial charge < -0.3 is 15.4 Å². The van der Waals surface area contributed by atoms with Crippen molar-refractivity contribution in [3.8, 4) is 0 Å². The van der Waals surface area contributed by atoms with Crippen molar-refractivity contribution in [2.45, 2.75) is 41.6 Å². The van der Waals surface area contributed by atoms with Gasteiger partial charge in [0.1, 0.15) is 0 Å². The van der Waals surface area contributed by atoms with E-state index in [0.29, 0.717) is 16.0 Å². The van der Waals surface area contributed by atoms with Crippen LogP contribution in [0.15, 0.2) is 22.5 Å². The lowest BCUT2D eigenvalue weighted by Gasteiger charge is -2.13. The van der Waals surface area contributed by atoms with Gasteiger partial charge in [-0.1, -0.05) is 34.7 Å². The third-order valence-corrected chi connectivity index (χ3v) is 6.49. The molecule has 1 amide bonds. The highest BCUT2D eigenvalue weighted by atomic mass is 35.5. The Labute approximate surface area is 178 Å². The van der Waals surface area contributed by atoms with Crippen LogP contribution in [0.4, 0.5) is 24.0 Å². The number of anilines is 2. The van der Waals surface area contributed by atoms with E-state index in [0.717, 1.165) is 31.6 Å². The number of alkyl halides is 3. The van der Waals surface area contributed by atoms with Crippen molar-refractivity contribution in [3.63, 3.8) is 0 Å². The highest BCUT2D eigenvalue weighted by Crippen LogP contribution is 2.36. The molecule has 2 N–H and O–H groups in total. The summed E-state index contributed by atoms with van der Waals surface area (Å²) in [4.78, 5) is 12.3. The zero-order valence-corrected chi connectivity index (χ0v) is 17.6. The molecule has 2 unspecified atom stereocenters. The fraction of sp³-hybridized carbons (Fsp3) is 0.471. The van der Waals surface area contributed by atoms with E-state index in [1.165, 1.54) is 29.2 Å². The Balaban J connectivity index is 1.54. The second kappa shape index (κ2) is 9.50. The van der Waals surface area contributed by atoms with Gasteiger partial charge in [-0.2, -0.15) is 13.2 Å². The van der Waals surface area contributed by atoms with E-state index in [2.05, 4.69) is 20.8 Å². The third kappa shape index (κ3) is 6.21. The first-order valence-electron chi connectivity index (χ1n) is 8.75. The highest BCUT2D eigenvalue weighted by molar-refractivity contribution is 8.02. The van der Waals surface area contributed by atoms with Crippen molar-refractivity contribution >= 4 is 51.4 Å². The Kier molecular flexibility index (Phi) is 7.25. The summed E-state index contributed by atoms with van der Waals surface area (Å²) in [5, 5.41) is 13.3. The smallest absolute Gasteiger partial charge is 0.376 e. The molecular weight excluding hydrogens is 449 g/mol. The van der Waals surface area contributed by atoms with Crippen molar-refractivity contribution in [2.75, 3.05) is 23.8 Å². The van der Waals surface area contributed by atoms with Crippen molar-refractivity contribution in [2.24, 2.45) is 0 Å². The maximum atomic E-state index is 12.9. The molecule has 1 saturated heterocycles. The Morgan fingerprint density at radius 2 is 2.24 bits per heavy atom. The summed E-state index contributed by atoms with van der Waals surface area (Å²) in [6.07, 6.45) is -2.38. The summed E-state index contributed by atoms with van der Waals surface area (Å²) < 4.78 is 44.9. The van der Waals surface area contributed by atoms with Gasteiger partial charge in [0.15, 0.2) is 4.34 Å². The summed E-state index contributed by atoms with van der Waals surface area (Å²) in [6.45, 7) is 3.06. The molecule has 158 valence electrons. The number of aromatic nitrogens is 2. The van der Waals surface area contributed by atoms with E-state index < -0.39 is 27.9 Å². The predicted molar refractivity (Wildman–Crippen MR) is 108 cm³/mol. The zero-order valence-electron chi connectivity index (χ0n) is 15.3. The van der Waals surface area contributed by atoms with Gasteiger partial charge in [0.05, 0.1) is 21.9 Å². The third-order valence-electron chi connectivity index (χ3n) is 4.10. The molecule has 1 aliphatic rings. The minimum absolute atomic E-state index is 0.0235. The van der Waals surface area contributed by atoms with Crippen LogP contribution in [-0.2, 0) is 15.7 Å². The van der Waals surface area contributed by atoms with E-state index in [4.69, 9.17) is 16.3 Å². The number of hydrogen-bond donors (Lipinski definition) is 2. The average molecular weight is 467 g/mol. The first-order chi connectivity index (χ1) is 13.7. The molecule has 2 atom stereocenters. The Hall–Kier alpha value is -1.56. The Morgan fingerprint density at radius 1 is 1.45 bits per heavy atom. The molecule has 2 heterocycles. The average Bonchev–Trinajstić information content (AvgIpc) is 3.32. The van der Waals surface area contributed by atoms with Gasteiger partial charge in [-0.25, -0.2) is 0 Å². The van der Waals surface area contributed by atoms with Gasteiger partial charge in [-0.3, -0.25) is 4.79 Å². The van der Waals surface area contributed by atoms with E-state index in [1.807, 2.05) is 0 Å². The van der Waals surface area contributed by atoms with Crippen LogP contribution in [0, 0.1) is 0 Å². The minimum Gasteiger partial charge on any atom is -0.376 e. The molecule has 1 aromatic heterocycles. The van der Waals surface area contributed by atoms with Crippen molar-refractivity contribution in [1.82, 2.24) is 10.2 Å². The molecule has 0 bridgehead atoms. The SMILES string of the molecule is CC(Sc1nnc(NCC2CCCO2)s1)C(=O)Nc1ccc(Cl)c(C(F)(F)F)c1. The number of thioether (sulfide) groups is 1. The molecule has 29 heavy (non-hydrogen) atoms. The number of ether oxygens (including phenoxy) is 1. The standard InChI is InChI=1S/C17H18ClF3N4O2S2/c1-9(14(26)23-10-4-5-13(18)12(7-10)17(19,20)21)28-16-25-24-15(29-16)22-8-11-3-2-6-27-11/h4-5,7,9,11H,2-3,6,8H2,1H3,(H,22,24)(H,23,26). The number of rotatable bonds is 7. The topological polar surface area (TPSA) is 76.1 Å². The van der Waals surface area contributed by atoms with Gasteiger partial charge in [-0.15, -0.1) is 10.2 Å².